The molecule has 0 radical (unpaired) electrons. The lowest BCUT2D eigenvalue weighted by Crippen LogP contribution is -2.68. The molecule has 5 rings (SSSR count). The number of methoxy groups -OCH3 is 1. The van der Waals surface area contributed by atoms with Gasteiger partial charge in [0.2, 0.25) is 0 Å². The Kier molecular flexibility index (Phi) is 11.4. The molecule has 1 N–H and O–H groups in total. The average Bonchev–Trinajstić information content (AvgIpc) is 3.07. The topological polar surface area (TPSA) is 148 Å². The fourth-order valence-corrected chi connectivity index (χ4v) is 9.52. The van der Waals surface area contributed by atoms with Gasteiger partial charge in [0.1, 0.15) is 28.5 Å². The molecule has 0 saturated heterocycles. The van der Waals surface area contributed by atoms with Crippen LogP contribution < -0.4 is 39.9 Å². The summed E-state index contributed by atoms with van der Waals surface area (Å²) in [6.07, 6.45) is 0. The zero-order chi connectivity index (χ0) is 32.3. The van der Waals surface area contributed by atoms with E-state index in [1.54, 1.807) is 24.3 Å². The molecule has 0 bridgehead atoms. The zero-order valence-corrected chi connectivity index (χ0v) is 25.8. The van der Waals surface area contributed by atoms with Gasteiger partial charge in [-0.3, -0.25) is 4.79 Å². The minimum absolute atomic E-state index is 0.118. The summed E-state index contributed by atoms with van der Waals surface area (Å²) in [5.74, 6) is -1.00. The predicted octanol–water partition coefficient (Wildman–Crippen LogP) is 1.20. The maximum atomic E-state index is 13.8. The molecule has 0 heterocycles. The number of esters is 1. The first kappa shape index (κ1) is 33.2. The van der Waals surface area contributed by atoms with Crippen molar-refractivity contribution in [1.82, 2.24) is 5.32 Å². The van der Waals surface area contributed by atoms with Crippen LogP contribution in [0, 0.1) is 10.2 Å². The minimum Gasteiger partial charge on any atom is -0.464 e. The molecule has 0 atom stereocenters. The second-order valence-corrected chi connectivity index (χ2v) is 13.6. The Bertz CT molecular complexity index is 1610. The summed E-state index contributed by atoms with van der Waals surface area (Å²) >= 11 is 0. The predicted molar refractivity (Wildman–Crippen MR) is 164 cm³/mol. The molecule has 0 saturated carbocycles. The Morgan fingerprint density at radius 2 is 0.867 bits per heavy atom. The number of carbonyl (C=O) groups excluding carboxylic acids is 2. The van der Waals surface area contributed by atoms with Crippen molar-refractivity contribution in [3.05, 3.63) is 168 Å². The highest BCUT2D eigenvalue weighted by molar-refractivity contribution is 8.03. The molecule has 0 spiro atoms. The number of benzene rings is 5. The molecule has 8 nitrogen and oxygen atoms in total. The van der Waals surface area contributed by atoms with E-state index in [4.69, 9.17) is 23.4 Å². The highest BCUT2D eigenvalue weighted by Crippen LogP contribution is 2.67. The molecule has 0 fully saturated rings. The summed E-state index contributed by atoms with van der Waals surface area (Å²) in [6, 6.07) is 49.3. The van der Waals surface area contributed by atoms with Crippen molar-refractivity contribution in [1.29, 1.82) is 0 Å². The van der Waals surface area contributed by atoms with Crippen LogP contribution in [0.25, 0.3) is 5.31 Å². The van der Waals surface area contributed by atoms with Crippen LogP contribution in [0.3, 0.4) is 0 Å². The van der Waals surface area contributed by atoms with Crippen molar-refractivity contribution < 1.29 is 43.2 Å². The Labute approximate surface area is 264 Å². The normalized spacial score (nSPS) is 11.8. The lowest BCUT2D eigenvalue weighted by atomic mass is 10.1. The third-order valence-electron chi connectivity index (χ3n) is 6.71. The Hall–Kier alpha value is -4.66. The van der Waals surface area contributed by atoms with E-state index in [1.165, 1.54) is 7.11 Å². The number of hydrogen-bond donors (Lipinski definition) is 1. The van der Waals surface area contributed by atoms with Crippen molar-refractivity contribution >= 4 is 40.4 Å². The quantitative estimate of drug-likeness (QED) is 0.152. The van der Waals surface area contributed by atoms with Crippen LogP contribution in [-0.2, 0) is 9.53 Å². The maximum Gasteiger partial charge on any atom is 0.358 e. The molecule has 228 valence electrons. The van der Waals surface area contributed by atoms with Crippen LogP contribution in [0.4, 0.5) is 0 Å². The molecule has 0 aliphatic carbocycles. The van der Waals surface area contributed by atoms with Gasteiger partial charge in [0.05, 0.1) is 7.11 Å². The van der Waals surface area contributed by atoms with E-state index in [9.17, 15) is 9.59 Å². The van der Waals surface area contributed by atoms with E-state index in [-0.39, 0.29) is 11.6 Å². The second kappa shape index (κ2) is 15.4. The SMILES string of the molecule is COC(=O)C(NC(=O)c1ccccc1)=C(c1ccccc1)[P+](c1ccccc1)(c1ccccc1)c1ccccc1.[O-][Cl+3]([O-])([O-])[O-]. The molecule has 0 aliphatic heterocycles. The van der Waals surface area contributed by atoms with Crippen LogP contribution in [0.15, 0.2) is 157 Å². The molecule has 0 aromatic heterocycles. The lowest BCUT2D eigenvalue weighted by Gasteiger charge is -2.31. The van der Waals surface area contributed by atoms with Gasteiger partial charge in [0.15, 0.2) is 5.70 Å². The number of hydrogen-bond acceptors (Lipinski definition) is 7. The highest BCUT2D eigenvalue weighted by Gasteiger charge is 2.53. The zero-order valence-electron chi connectivity index (χ0n) is 24.1. The van der Waals surface area contributed by atoms with Crippen molar-refractivity contribution in [3.63, 3.8) is 0 Å². The van der Waals surface area contributed by atoms with Gasteiger partial charge in [0.25, 0.3) is 5.91 Å². The van der Waals surface area contributed by atoms with Crippen LogP contribution >= 0.6 is 7.26 Å². The number of carbonyl (C=O) groups is 2. The van der Waals surface area contributed by atoms with Crippen LogP contribution in [-0.4, -0.2) is 19.0 Å². The first-order chi connectivity index (χ1) is 21.7. The van der Waals surface area contributed by atoms with Gasteiger partial charge < -0.3 is 10.1 Å². The molecule has 10 heteroatoms. The van der Waals surface area contributed by atoms with Crippen molar-refractivity contribution in [2.45, 2.75) is 0 Å². The summed E-state index contributed by atoms with van der Waals surface area (Å²) in [7, 11) is -6.40. The van der Waals surface area contributed by atoms with Gasteiger partial charge in [-0.05, 0) is 48.5 Å². The third-order valence-corrected chi connectivity index (χ3v) is 11.1. The van der Waals surface area contributed by atoms with E-state index in [1.807, 2.05) is 91.0 Å². The molecule has 45 heavy (non-hydrogen) atoms. The number of nitrogens with one attached hydrogen (secondary N) is 1. The maximum absolute atomic E-state index is 13.8. The van der Waals surface area contributed by atoms with Crippen LogP contribution in [0.1, 0.15) is 15.9 Å². The monoisotopic (exact) mass is 641 g/mol. The van der Waals surface area contributed by atoms with Gasteiger partial charge in [0, 0.05) is 11.1 Å². The summed E-state index contributed by atoms with van der Waals surface area (Å²) in [5.41, 5.74) is 1.38. The molecule has 0 aliphatic rings. The van der Waals surface area contributed by atoms with Gasteiger partial charge in [-0.1, -0.05) is 103 Å². The van der Waals surface area contributed by atoms with Gasteiger partial charge >= 0.3 is 5.97 Å². The van der Waals surface area contributed by atoms with Gasteiger partial charge in [-0.25, -0.2) is 23.4 Å². The highest BCUT2D eigenvalue weighted by atomic mass is 35.7. The smallest absolute Gasteiger partial charge is 0.358 e. The van der Waals surface area contributed by atoms with Crippen molar-refractivity contribution in [3.8, 4) is 0 Å². The van der Waals surface area contributed by atoms with E-state index in [0.717, 1.165) is 21.5 Å². The molecule has 5 aromatic rings. The third kappa shape index (κ3) is 8.29. The summed E-state index contributed by atoms with van der Waals surface area (Å²) < 4.78 is 39.3. The van der Waals surface area contributed by atoms with E-state index < -0.39 is 23.5 Å². The van der Waals surface area contributed by atoms with Crippen molar-refractivity contribution in [2.24, 2.45) is 0 Å². The summed E-state index contributed by atoms with van der Waals surface area (Å²) in [4.78, 5) is 27.4. The van der Waals surface area contributed by atoms with Gasteiger partial charge in [-0.15, -0.1) is 10.2 Å². The number of halogens is 1. The molecular weight excluding hydrogens is 613 g/mol. The van der Waals surface area contributed by atoms with Crippen LogP contribution in [0.2, 0.25) is 0 Å². The minimum atomic E-state index is -4.94. The number of amides is 1. The molecule has 5 aromatic carbocycles. The fraction of sp³-hybridized carbons (Fsp3) is 0.0286. The second-order valence-electron chi connectivity index (χ2n) is 9.46. The Morgan fingerprint density at radius 1 is 0.556 bits per heavy atom. The Morgan fingerprint density at radius 3 is 1.20 bits per heavy atom. The van der Waals surface area contributed by atoms with E-state index in [2.05, 4.69) is 41.7 Å². The van der Waals surface area contributed by atoms with Crippen LogP contribution in [0.5, 0.6) is 0 Å². The van der Waals surface area contributed by atoms with Gasteiger partial charge in [-0.2, -0.15) is 0 Å². The standard InChI is InChI=1S/C35H28NO3P.ClHO4/c1-39-35(38)32(36-34(37)28-19-9-3-10-20-28)33(27-17-7-2-8-18-27)40(29-21-11-4-12-22-29,30-23-13-5-14-24-30)31-25-15-6-16-26-31;2-1(3,4)5/h2-26H,1H3;(H,2,3,4,5). The first-order valence-corrected chi connectivity index (χ1v) is 16.6. The van der Waals surface area contributed by atoms with E-state index in [0.29, 0.717) is 10.9 Å². The van der Waals surface area contributed by atoms with Crippen molar-refractivity contribution in [2.75, 3.05) is 7.11 Å². The molecule has 1 amide bonds. The largest absolute Gasteiger partial charge is 0.464 e. The fourth-order valence-electron chi connectivity index (χ4n) is 4.98. The lowest BCUT2D eigenvalue weighted by molar-refractivity contribution is -2.00. The Balaban J connectivity index is 0.000000854. The number of ether oxygens (including phenoxy) is 1. The van der Waals surface area contributed by atoms with E-state index >= 15 is 0 Å². The average molecular weight is 642 g/mol. The molecule has 0 unspecified atom stereocenters. The first-order valence-electron chi connectivity index (χ1n) is 13.6. The number of rotatable bonds is 8. The summed E-state index contributed by atoms with van der Waals surface area (Å²) in [5, 5.41) is 6.84. The molecular formula is C35H29ClNO7P. The summed E-state index contributed by atoms with van der Waals surface area (Å²) in [6.45, 7) is 0.